The highest BCUT2D eigenvalue weighted by atomic mass is 16.2. The van der Waals surface area contributed by atoms with Gasteiger partial charge in [-0.3, -0.25) is 19.5 Å². The number of H-pyrrole nitrogens is 3. The van der Waals surface area contributed by atoms with Crippen molar-refractivity contribution in [1.29, 1.82) is 0 Å². The van der Waals surface area contributed by atoms with E-state index in [0.29, 0.717) is 16.6 Å². The maximum Gasteiger partial charge on any atom is 0.323 e. The minimum atomic E-state index is -0.731. The molecule has 0 aliphatic heterocycles. The average molecular weight is 383 g/mol. The molecule has 144 valence electrons. The lowest BCUT2D eigenvalue weighted by atomic mass is 10.1. The number of para-hydroxylation sites is 1. The standard InChI is InChI=1S/C17H17N7O4/c18-14(25)11-8-12(24-23-11)16(27)20-7-2-1-6-19-15(26)9-4-3-5-10-13(9)22-17(28)21-10/h1-5,8H,6-7H2,(H2,18,25)(H,19,26)(H,20,27)(H,23,24)(H2,21,22,28)/b2-1+. The van der Waals surface area contributed by atoms with Crippen molar-refractivity contribution in [2.75, 3.05) is 13.1 Å². The zero-order valence-corrected chi connectivity index (χ0v) is 14.5. The number of imidazole rings is 1. The first-order valence-corrected chi connectivity index (χ1v) is 8.23. The van der Waals surface area contributed by atoms with Crippen molar-refractivity contribution in [3.63, 3.8) is 0 Å². The number of nitrogens with zero attached hydrogens (tertiary/aromatic N) is 1. The van der Waals surface area contributed by atoms with Gasteiger partial charge in [-0.05, 0) is 12.1 Å². The van der Waals surface area contributed by atoms with Gasteiger partial charge in [-0.15, -0.1) is 0 Å². The highest BCUT2D eigenvalue weighted by Gasteiger charge is 2.12. The second-order valence-corrected chi connectivity index (χ2v) is 5.73. The van der Waals surface area contributed by atoms with E-state index in [-0.39, 0.29) is 36.1 Å². The number of hydrogen-bond donors (Lipinski definition) is 6. The molecule has 0 saturated carbocycles. The molecule has 0 aliphatic carbocycles. The lowest BCUT2D eigenvalue weighted by molar-refractivity contribution is 0.0946. The molecule has 0 unspecified atom stereocenters. The zero-order chi connectivity index (χ0) is 20.1. The summed E-state index contributed by atoms with van der Waals surface area (Å²) in [6, 6.07) is 6.23. The van der Waals surface area contributed by atoms with Crippen molar-refractivity contribution < 1.29 is 14.4 Å². The van der Waals surface area contributed by atoms with Gasteiger partial charge >= 0.3 is 5.69 Å². The van der Waals surface area contributed by atoms with Gasteiger partial charge in [0.2, 0.25) is 0 Å². The van der Waals surface area contributed by atoms with Crippen LogP contribution in [0.15, 0.2) is 41.2 Å². The number of aromatic nitrogens is 4. The first kappa shape index (κ1) is 18.6. The summed E-state index contributed by atoms with van der Waals surface area (Å²) in [5.74, 6) is -1.52. The summed E-state index contributed by atoms with van der Waals surface area (Å²) in [5, 5.41) is 11.3. The Morgan fingerprint density at radius 3 is 2.46 bits per heavy atom. The fourth-order valence-electron chi connectivity index (χ4n) is 2.47. The second-order valence-electron chi connectivity index (χ2n) is 5.73. The van der Waals surface area contributed by atoms with Gasteiger partial charge in [-0.2, -0.15) is 5.10 Å². The number of hydrogen-bond acceptors (Lipinski definition) is 5. The first-order chi connectivity index (χ1) is 13.5. The molecule has 11 nitrogen and oxygen atoms in total. The Morgan fingerprint density at radius 2 is 1.79 bits per heavy atom. The average Bonchev–Trinajstić information content (AvgIpc) is 3.29. The second kappa shape index (κ2) is 8.03. The van der Waals surface area contributed by atoms with E-state index in [0.717, 1.165) is 0 Å². The number of carbonyl (C=O) groups excluding carboxylic acids is 3. The van der Waals surface area contributed by atoms with Gasteiger partial charge in [0, 0.05) is 19.2 Å². The quantitative estimate of drug-likeness (QED) is 0.298. The third kappa shape index (κ3) is 4.15. The van der Waals surface area contributed by atoms with E-state index in [1.54, 1.807) is 30.4 Å². The normalized spacial score (nSPS) is 11.0. The van der Waals surface area contributed by atoms with E-state index >= 15 is 0 Å². The van der Waals surface area contributed by atoms with E-state index < -0.39 is 11.8 Å². The van der Waals surface area contributed by atoms with Crippen LogP contribution in [0, 0.1) is 0 Å². The van der Waals surface area contributed by atoms with Gasteiger partial charge in [0.05, 0.1) is 16.6 Å². The van der Waals surface area contributed by atoms with Crippen LogP contribution < -0.4 is 22.1 Å². The Bertz CT molecular complexity index is 1120. The van der Waals surface area contributed by atoms with Crippen molar-refractivity contribution in [3.05, 3.63) is 63.9 Å². The number of amides is 3. The number of nitrogens with two attached hydrogens (primary N) is 1. The van der Waals surface area contributed by atoms with Gasteiger partial charge < -0.3 is 26.3 Å². The van der Waals surface area contributed by atoms with Crippen LogP contribution in [0.25, 0.3) is 11.0 Å². The van der Waals surface area contributed by atoms with E-state index in [4.69, 9.17) is 5.73 Å². The fraction of sp³-hybridized carbons (Fsp3) is 0.118. The molecule has 3 rings (SSSR count). The summed E-state index contributed by atoms with van der Waals surface area (Å²) in [6.07, 6.45) is 3.32. The lowest BCUT2D eigenvalue weighted by Crippen LogP contribution is -2.25. The molecule has 2 heterocycles. The van der Waals surface area contributed by atoms with Crippen molar-refractivity contribution in [2.24, 2.45) is 5.73 Å². The summed E-state index contributed by atoms with van der Waals surface area (Å²) >= 11 is 0. The predicted molar refractivity (Wildman–Crippen MR) is 99.8 cm³/mol. The molecule has 28 heavy (non-hydrogen) atoms. The number of nitrogens with one attached hydrogen (secondary N) is 5. The van der Waals surface area contributed by atoms with Crippen LogP contribution in [-0.2, 0) is 0 Å². The molecular formula is C17H17N7O4. The largest absolute Gasteiger partial charge is 0.364 e. The molecule has 0 spiro atoms. The SMILES string of the molecule is NC(=O)c1cc(C(=O)NC/C=C/CNC(=O)c2cccc3[nH]c(=O)[nH]c23)[nH]n1. The molecule has 1 aromatic carbocycles. The van der Waals surface area contributed by atoms with Gasteiger partial charge in [0.15, 0.2) is 5.69 Å². The number of benzene rings is 1. The zero-order valence-electron chi connectivity index (χ0n) is 14.5. The molecule has 0 radical (unpaired) electrons. The van der Waals surface area contributed by atoms with Crippen LogP contribution in [0.3, 0.4) is 0 Å². The summed E-state index contributed by atoms with van der Waals surface area (Å²) in [5.41, 5.74) is 6.11. The number of primary amides is 1. The Balaban J connectivity index is 1.47. The van der Waals surface area contributed by atoms with Gasteiger partial charge in [0.25, 0.3) is 17.7 Å². The van der Waals surface area contributed by atoms with Crippen LogP contribution in [0.4, 0.5) is 0 Å². The number of fused-ring (bicyclic) bond motifs is 1. The Kier molecular flexibility index (Phi) is 5.35. The third-order valence-electron chi connectivity index (χ3n) is 3.80. The summed E-state index contributed by atoms with van der Waals surface area (Å²) in [7, 11) is 0. The number of rotatable bonds is 7. The van der Waals surface area contributed by atoms with Gasteiger partial charge in [0.1, 0.15) is 5.69 Å². The Hall–Kier alpha value is -4.15. The molecule has 7 N–H and O–H groups in total. The minimum Gasteiger partial charge on any atom is -0.364 e. The van der Waals surface area contributed by atoms with E-state index in [1.165, 1.54) is 6.07 Å². The summed E-state index contributed by atoms with van der Waals surface area (Å²) in [6.45, 7) is 0.440. The maximum atomic E-state index is 12.3. The van der Waals surface area contributed by atoms with Gasteiger partial charge in [-0.1, -0.05) is 18.2 Å². The first-order valence-electron chi connectivity index (χ1n) is 8.23. The molecule has 3 aromatic rings. The molecule has 2 aromatic heterocycles. The van der Waals surface area contributed by atoms with Crippen molar-refractivity contribution in [2.45, 2.75) is 0 Å². The minimum absolute atomic E-state index is 0.0257. The highest BCUT2D eigenvalue weighted by Crippen LogP contribution is 2.12. The number of aromatic amines is 3. The maximum absolute atomic E-state index is 12.3. The molecule has 11 heteroatoms. The van der Waals surface area contributed by atoms with Crippen molar-refractivity contribution >= 4 is 28.8 Å². The Morgan fingerprint density at radius 1 is 1.07 bits per heavy atom. The van der Waals surface area contributed by atoms with E-state index in [2.05, 4.69) is 30.8 Å². The van der Waals surface area contributed by atoms with E-state index in [9.17, 15) is 19.2 Å². The highest BCUT2D eigenvalue weighted by molar-refractivity contribution is 6.04. The summed E-state index contributed by atoms with van der Waals surface area (Å²) in [4.78, 5) is 51.6. The topological polar surface area (TPSA) is 179 Å². The van der Waals surface area contributed by atoms with Crippen molar-refractivity contribution in [1.82, 2.24) is 30.8 Å². The number of carbonyl (C=O) groups is 3. The molecule has 3 amide bonds. The third-order valence-corrected chi connectivity index (χ3v) is 3.80. The fourth-order valence-corrected chi connectivity index (χ4v) is 2.47. The predicted octanol–water partition coefficient (Wildman–Crippen LogP) is -0.606. The Labute approximate surface area is 157 Å². The monoisotopic (exact) mass is 383 g/mol. The van der Waals surface area contributed by atoms with Crippen LogP contribution in [-0.4, -0.2) is 51.0 Å². The van der Waals surface area contributed by atoms with Crippen molar-refractivity contribution in [3.8, 4) is 0 Å². The van der Waals surface area contributed by atoms with Crippen LogP contribution in [0.1, 0.15) is 31.3 Å². The molecular weight excluding hydrogens is 366 g/mol. The van der Waals surface area contributed by atoms with Gasteiger partial charge in [-0.25, -0.2) is 4.79 Å². The van der Waals surface area contributed by atoms with Crippen LogP contribution in [0.5, 0.6) is 0 Å². The van der Waals surface area contributed by atoms with Crippen LogP contribution >= 0.6 is 0 Å². The molecule has 0 bridgehead atoms. The molecule has 0 atom stereocenters. The van der Waals surface area contributed by atoms with Crippen LogP contribution in [0.2, 0.25) is 0 Å². The molecule has 0 saturated heterocycles. The molecule has 0 fully saturated rings. The van der Waals surface area contributed by atoms with E-state index in [1.807, 2.05) is 0 Å². The summed E-state index contributed by atoms with van der Waals surface area (Å²) < 4.78 is 0. The molecule has 0 aliphatic rings. The lowest BCUT2D eigenvalue weighted by Gasteiger charge is -2.03. The smallest absolute Gasteiger partial charge is 0.323 e.